The van der Waals surface area contributed by atoms with Crippen molar-refractivity contribution in [1.29, 1.82) is 0 Å². The Morgan fingerprint density at radius 1 is 0.838 bits per heavy atom. The minimum atomic E-state index is -2.95. The first kappa shape index (κ1) is 25.6. The molecule has 0 saturated carbocycles. The molecule has 0 N–H and O–H groups in total. The molecule has 0 aromatic heterocycles. The van der Waals surface area contributed by atoms with Gasteiger partial charge < -0.3 is 14.2 Å². The van der Waals surface area contributed by atoms with E-state index in [0.29, 0.717) is 5.75 Å². The predicted molar refractivity (Wildman–Crippen MR) is 139 cm³/mol. The van der Waals surface area contributed by atoms with Crippen molar-refractivity contribution in [3.05, 3.63) is 131 Å². The van der Waals surface area contributed by atoms with Crippen LogP contribution in [0.5, 0.6) is 17.2 Å². The van der Waals surface area contributed by atoms with Crippen LogP contribution in [0, 0.1) is 0 Å². The van der Waals surface area contributed by atoms with Crippen molar-refractivity contribution < 1.29 is 27.8 Å². The zero-order chi connectivity index (χ0) is 26.0. The summed E-state index contributed by atoms with van der Waals surface area (Å²) in [4.78, 5) is 12.6. The van der Waals surface area contributed by atoms with Crippen molar-refractivity contribution >= 4 is 11.9 Å². The van der Waals surface area contributed by atoms with Gasteiger partial charge in [0, 0.05) is 17.5 Å². The molecule has 0 fully saturated rings. The number of para-hydroxylation sites is 1. The van der Waals surface area contributed by atoms with Gasteiger partial charge in [-0.25, -0.2) is 0 Å². The molecule has 4 nitrogen and oxygen atoms in total. The van der Waals surface area contributed by atoms with E-state index in [9.17, 15) is 13.6 Å². The summed E-state index contributed by atoms with van der Waals surface area (Å²) in [5.41, 5.74) is 4.11. The SMILES string of the molecule is COc1ccc(/C=C/C(=O)c2cccc(OC(F)F)c2)cc1COc1ccccc1Cc1ccccc1. The lowest BCUT2D eigenvalue weighted by atomic mass is 10.0. The molecule has 0 aliphatic heterocycles. The maximum Gasteiger partial charge on any atom is 0.387 e. The van der Waals surface area contributed by atoms with E-state index >= 15 is 0 Å². The second-order valence-corrected chi connectivity index (χ2v) is 8.23. The lowest BCUT2D eigenvalue weighted by Gasteiger charge is -2.14. The highest BCUT2D eigenvalue weighted by Gasteiger charge is 2.10. The number of alkyl halides is 2. The Kier molecular flexibility index (Phi) is 8.66. The summed E-state index contributed by atoms with van der Waals surface area (Å²) in [6.07, 6.45) is 3.81. The Labute approximate surface area is 214 Å². The van der Waals surface area contributed by atoms with Crippen LogP contribution in [0.3, 0.4) is 0 Å². The van der Waals surface area contributed by atoms with Crippen LogP contribution in [0.4, 0.5) is 8.78 Å². The molecule has 4 aromatic rings. The van der Waals surface area contributed by atoms with Crippen molar-refractivity contribution in [1.82, 2.24) is 0 Å². The van der Waals surface area contributed by atoms with E-state index in [1.54, 1.807) is 19.3 Å². The summed E-state index contributed by atoms with van der Waals surface area (Å²) < 4.78 is 41.0. The van der Waals surface area contributed by atoms with Gasteiger partial charge in [0.05, 0.1) is 7.11 Å². The number of rotatable bonds is 11. The maximum atomic E-state index is 12.6. The van der Waals surface area contributed by atoms with Gasteiger partial charge in [-0.15, -0.1) is 0 Å². The number of benzene rings is 4. The molecule has 0 atom stereocenters. The molecular formula is C31H26F2O4. The van der Waals surface area contributed by atoms with Crippen molar-refractivity contribution in [3.8, 4) is 17.2 Å². The molecule has 4 aromatic carbocycles. The van der Waals surface area contributed by atoms with Gasteiger partial charge in [0.15, 0.2) is 5.78 Å². The fraction of sp³-hybridized carbons (Fsp3) is 0.129. The average molecular weight is 501 g/mol. The molecule has 188 valence electrons. The van der Waals surface area contributed by atoms with Crippen LogP contribution in [0.15, 0.2) is 103 Å². The minimum absolute atomic E-state index is 0.0642. The van der Waals surface area contributed by atoms with Crippen LogP contribution in [0.1, 0.15) is 32.6 Å². The monoisotopic (exact) mass is 500 g/mol. The van der Waals surface area contributed by atoms with Crippen molar-refractivity contribution in [2.75, 3.05) is 7.11 Å². The first-order chi connectivity index (χ1) is 18.0. The van der Waals surface area contributed by atoms with Gasteiger partial charge >= 0.3 is 6.61 Å². The fourth-order valence-electron chi connectivity index (χ4n) is 3.87. The molecule has 0 aliphatic rings. The standard InChI is InChI=1S/C31H26F2O4/c1-35-29-17-15-23(14-16-28(34)24-11-7-12-27(20-24)37-31(32)33)19-26(29)21-36-30-13-6-5-10-25(30)18-22-8-3-2-4-9-22/h2-17,19-20,31H,18,21H2,1H3/b16-14+. The number of methoxy groups -OCH3 is 1. The number of halogens is 2. The number of ether oxygens (including phenoxy) is 3. The van der Waals surface area contributed by atoms with Gasteiger partial charge in [-0.05, 0) is 53.1 Å². The van der Waals surface area contributed by atoms with Gasteiger partial charge in [-0.2, -0.15) is 8.78 Å². The summed E-state index contributed by atoms with van der Waals surface area (Å²) in [6, 6.07) is 29.3. The van der Waals surface area contributed by atoms with Gasteiger partial charge in [0.1, 0.15) is 23.9 Å². The Morgan fingerprint density at radius 2 is 1.62 bits per heavy atom. The highest BCUT2D eigenvalue weighted by atomic mass is 19.3. The summed E-state index contributed by atoms with van der Waals surface area (Å²) in [6.45, 7) is -2.68. The van der Waals surface area contributed by atoms with E-state index in [-0.39, 0.29) is 23.7 Å². The molecule has 0 unspecified atom stereocenters. The molecule has 4 rings (SSSR count). The van der Waals surface area contributed by atoms with E-state index in [0.717, 1.165) is 28.9 Å². The Bertz CT molecular complexity index is 1370. The van der Waals surface area contributed by atoms with E-state index < -0.39 is 6.61 Å². The second kappa shape index (κ2) is 12.5. The highest BCUT2D eigenvalue weighted by Crippen LogP contribution is 2.26. The molecule has 0 aliphatic carbocycles. The minimum Gasteiger partial charge on any atom is -0.496 e. The summed E-state index contributed by atoms with van der Waals surface area (Å²) in [7, 11) is 1.59. The van der Waals surface area contributed by atoms with Crippen LogP contribution in [0.25, 0.3) is 6.08 Å². The second-order valence-electron chi connectivity index (χ2n) is 8.23. The molecule has 0 saturated heterocycles. The molecule has 0 heterocycles. The molecule has 0 amide bonds. The third-order valence-corrected chi connectivity index (χ3v) is 5.67. The number of hydrogen-bond donors (Lipinski definition) is 0. The van der Waals surface area contributed by atoms with Crippen LogP contribution >= 0.6 is 0 Å². The van der Waals surface area contributed by atoms with Gasteiger partial charge in [-0.3, -0.25) is 4.79 Å². The molecule has 37 heavy (non-hydrogen) atoms. The molecule has 0 bridgehead atoms. The highest BCUT2D eigenvalue weighted by molar-refractivity contribution is 6.07. The third kappa shape index (κ3) is 7.27. The predicted octanol–water partition coefficient (Wildman–Crippen LogP) is 7.36. The van der Waals surface area contributed by atoms with E-state index in [4.69, 9.17) is 9.47 Å². The first-order valence-corrected chi connectivity index (χ1v) is 11.7. The topological polar surface area (TPSA) is 44.8 Å². The number of ketones is 1. The van der Waals surface area contributed by atoms with Crippen LogP contribution in [-0.2, 0) is 13.0 Å². The zero-order valence-electron chi connectivity index (χ0n) is 20.3. The fourth-order valence-corrected chi connectivity index (χ4v) is 3.87. The van der Waals surface area contributed by atoms with E-state index in [1.165, 1.54) is 29.8 Å². The first-order valence-electron chi connectivity index (χ1n) is 11.7. The normalized spacial score (nSPS) is 11.0. The lowest BCUT2D eigenvalue weighted by Crippen LogP contribution is -2.03. The molecule has 0 spiro atoms. The Balaban J connectivity index is 1.47. The average Bonchev–Trinajstić information content (AvgIpc) is 2.91. The van der Waals surface area contributed by atoms with Crippen molar-refractivity contribution in [3.63, 3.8) is 0 Å². The maximum absolute atomic E-state index is 12.6. The summed E-state index contributed by atoms with van der Waals surface area (Å²) >= 11 is 0. The number of carbonyl (C=O) groups excluding carboxylic acids is 1. The van der Waals surface area contributed by atoms with Crippen molar-refractivity contribution in [2.24, 2.45) is 0 Å². The molecule has 0 radical (unpaired) electrons. The summed E-state index contributed by atoms with van der Waals surface area (Å²) in [5, 5.41) is 0. The number of allylic oxidation sites excluding steroid dienone is 1. The lowest BCUT2D eigenvalue weighted by molar-refractivity contribution is -0.0498. The molecular weight excluding hydrogens is 474 g/mol. The molecule has 6 heteroatoms. The van der Waals surface area contributed by atoms with Crippen molar-refractivity contribution in [2.45, 2.75) is 19.6 Å². The van der Waals surface area contributed by atoms with E-state index in [1.807, 2.05) is 60.7 Å². The zero-order valence-corrected chi connectivity index (χ0v) is 20.3. The number of hydrogen-bond acceptors (Lipinski definition) is 4. The van der Waals surface area contributed by atoms with Gasteiger partial charge in [0.2, 0.25) is 0 Å². The Morgan fingerprint density at radius 3 is 2.41 bits per heavy atom. The Hall–Kier alpha value is -4.45. The largest absolute Gasteiger partial charge is 0.496 e. The van der Waals surface area contributed by atoms with E-state index in [2.05, 4.69) is 16.9 Å². The third-order valence-electron chi connectivity index (χ3n) is 5.67. The quantitative estimate of drug-likeness (QED) is 0.159. The van der Waals surface area contributed by atoms with Gasteiger partial charge in [0.25, 0.3) is 0 Å². The summed E-state index contributed by atoms with van der Waals surface area (Å²) in [5.74, 6) is 1.06. The van der Waals surface area contributed by atoms with Crippen LogP contribution < -0.4 is 14.2 Å². The van der Waals surface area contributed by atoms with Crippen LogP contribution in [0.2, 0.25) is 0 Å². The number of carbonyl (C=O) groups is 1. The van der Waals surface area contributed by atoms with Gasteiger partial charge in [-0.1, -0.05) is 72.8 Å². The smallest absolute Gasteiger partial charge is 0.387 e. The van der Waals surface area contributed by atoms with Crippen LogP contribution in [-0.4, -0.2) is 19.5 Å².